The predicted octanol–water partition coefficient (Wildman–Crippen LogP) is -2.36. The van der Waals surface area contributed by atoms with Gasteiger partial charge in [0.2, 0.25) is 0 Å². The fourth-order valence-electron chi connectivity index (χ4n) is 2.98. The van der Waals surface area contributed by atoms with Crippen LogP contribution >= 0.6 is 0 Å². The number of nitrogen functional groups attached to an aromatic ring is 1. The van der Waals surface area contributed by atoms with Crippen LogP contribution in [-0.4, -0.2) is 73.5 Å². The van der Waals surface area contributed by atoms with Gasteiger partial charge in [0.25, 0.3) is 0 Å². The van der Waals surface area contributed by atoms with Crippen LogP contribution in [0.4, 0.5) is 5.82 Å². The van der Waals surface area contributed by atoms with E-state index in [1.165, 1.54) is 17.2 Å². The summed E-state index contributed by atoms with van der Waals surface area (Å²) in [5, 5.41) is 36.8. The Kier molecular flexibility index (Phi) is 4.48. The van der Waals surface area contributed by atoms with Crippen LogP contribution in [0.3, 0.4) is 0 Å². The number of fused-ring (bicyclic) bond motifs is 1. The average molecular weight is 412 g/mol. The van der Waals surface area contributed by atoms with Crippen molar-refractivity contribution in [3.63, 3.8) is 0 Å². The van der Waals surface area contributed by atoms with Crippen LogP contribution in [0.5, 0.6) is 0 Å². The molecule has 0 aliphatic carbocycles. The molecule has 28 heavy (non-hydrogen) atoms. The molecule has 150 valence electrons. The molecule has 1 saturated heterocycles. The van der Waals surface area contributed by atoms with Gasteiger partial charge in [0.15, 0.2) is 11.9 Å². The number of aromatic amines is 1. The number of nitrogens with one attached hydrogen (secondary N) is 1. The molecule has 0 bridgehead atoms. The quantitative estimate of drug-likeness (QED) is 0.298. The van der Waals surface area contributed by atoms with Crippen LogP contribution in [0.15, 0.2) is 18.6 Å². The van der Waals surface area contributed by atoms with E-state index in [0.29, 0.717) is 16.8 Å². The largest absolute Gasteiger partial charge is 0.387 e. The second-order valence-corrected chi connectivity index (χ2v) is 7.27. The smallest absolute Gasteiger partial charge is 0.333 e. The number of anilines is 1. The van der Waals surface area contributed by atoms with Crippen molar-refractivity contribution in [2.45, 2.75) is 24.5 Å². The van der Waals surface area contributed by atoms with Crippen molar-refractivity contribution in [2.24, 2.45) is 5.14 Å². The number of aliphatic hydroxyl groups is 2. The topological polar surface area (TPSA) is 217 Å². The number of nitrogens with two attached hydrogens (primary N) is 2. The molecule has 0 radical (unpaired) electrons. The van der Waals surface area contributed by atoms with Gasteiger partial charge < -0.3 is 20.7 Å². The standard InChI is InChI=1S/C13H16N8O6S/c14-11-7-8(5-1-2-18-19-5)20-21(12(7)17-4-16-11)13-10(23)9(22)6(27-13)3-26-28(15,24)25/h1-2,4,6,9-10,13,22-23H,3H2,(H,18,19)(H2,14,16,17)(H2,15,24,25)/t6-,9-,10-,13-/m1/s1. The zero-order chi connectivity index (χ0) is 20.1. The van der Waals surface area contributed by atoms with Crippen molar-refractivity contribution >= 4 is 27.2 Å². The van der Waals surface area contributed by atoms with Gasteiger partial charge in [-0.2, -0.15) is 18.6 Å². The van der Waals surface area contributed by atoms with E-state index in [1.807, 2.05) is 0 Å². The summed E-state index contributed by atoms with van der Waals surface area (Å²) in [6.07, 6.45) is -2.55. The zero-order valence-corrected chi connectivity index (χ0v) is 14.9. The molecule has 15 heteroatoms. The fourth-order valence-corrected chi connectivity index (χ4v) is 3.30. The van der Waals surface area contributed by atoms with Gasteiger partial charge in [-0.15, -0.1) is 0 Å². The first-order valence-corrected chi connectivity index (χ1v) is 9.40. The number of rotatable bonds is 5. The van der Waals surface area contributed by atoms with Crippen molar-refractivity contribution in [3.8, 4) is 11.4 Å². The summed E-state index contributed by atoms with van der Waals surface area (Å²) < 4.78 is 33.2. The molecule has 4 rings (SSSR count). The lowest BCUT2D eigenvalue weighted by atomic mass is 10.1. The van der Waals surface area contributed by atoms with Crippen molar-refractivity contribution < 1.29 is 27.6 Å². The molecule has 14 nitrogen and oxygen atoms in total. The summed E-state index contributed by atoms with van der Waals surface area (Å²) in [6.45, 7) is -0.586. The highest BCUT2D eigenvalue weighted by Gasteiger charge is 2.45. The van der Waals surface area contributed by atoms with E-state index in [2.05, 4.69) is 29.4 Å². The summed E-state index contributed by atoms with van der Waals surface area (Å²) in [4.78, 5) is 8.09. The monoisotopic (exact) mass is 412 g/mol. The lowest BCUT2D eigenvalue weighted by molar-refractivity contribution is -0.0525. The summed E-state index contributed by atoms with van der Waals surface area (Å²) in [6, 6.07) is 1.65. The summed E-state index contributed by atoms with van der Waals surface area (Å²) in [5.41, 5.74) is 7.09. The highest BCUT2D eigenvalue weighted by molar-refractivity contribution is 7.84. The van der Waals surface area contributed by atoms with E-state index in [-0.39, 0.29) is 11.5 Å². The summed E-state index contributed by atoms with van der Waals surface area (Å²) in [5.74, 6) is 0.142. The maximum absolute atomic E-state index is 11.0. The van der Waals surface area contributed by atoms with E-state index in [4.69, 9.17) is 15.6 Å². The first-order chi connectivity index (χ1) is 13.3. The maximum Gasteiger partial charge on any atom is 0.333 e. The normalized spacial score (nSPS) is 25.5. The number of nitrogens with zero attached hydrogens (tertiary/aromatic N) is 5. The molecule has 0 unspecified atom stereocenters. The Labute approximate surface area is 157 Å². The first kappa shape index (κ1) is 18.7. The van der Waals surface area contributed by atoms with Crippen molar-refractivity contribution in [1.82, 2.24) is 29.9 Å². The molecule has 1 fully saturated rings. The third kappa shape index (κ3) is 3.19. The van der Waals surface area contributed by atoms with E-state index in [9.17, 15) is 18.6 Å². The van der Waals surface area contributed by atoms with Gasteiger partial charge in [0.05, 0.1) is 17.7 Å². The average Bonchev–Trinajstić information content (AvgIpc) is 3.33. The maximum atomic E-state index is 11.0. The molecule has 0 saturated carbocycles. The second-order valence-electron chi connectivity index (χ2n) is 6.04. The lowest BCUT2D eigenvalue weighted by Gasteiger charge is -2.15. The molecule has 1 aliphatic rings. The Balaban J connectivity index is 1.74. The van der Waals surface area contributed by atoms with Crippen LogP contribution in [0.25, 0.3) is 22.4 Å². The van der Waals surface area contributed by atoms with E-state index >= 15 is 0 Å². The molecule has 3 aromatic heterocycles. The second kappa shape index (κ2) is 6.73. The van der Waals surface area contributed by atoms with Crippen molar-refractivity contribution in [2.75, 3.05) is 12.3 Å². The van der Waals surface area contributed by atoms with Gasteiger partial charge >= 0.3 is 10.3 Å². The molecular formula is C13H16N8O6S. The molecular weight excluding hydrogens is 396 g/mol. The van der Waals surface area contributed by atoms with Crippen molar-refractivity contribution in [1.29, 1.82) is 0 Å². The van der Waals surface area contributed by atoms with Gasteiger partial charge in [-0.1, -0.05) is 0 Å². The number of aromatic nitrogens is 6. The van der Waals surface area contributed by atoms with Crippen LogP contribution in [-0.2, 0) is 19.2 Å². The number of aliphatic hydroxyl groups excluding tert-OH is 2. The Hall–Kier alpha value is -2.69. The Morgan fingerprint density at radius 2 is 2.11 bits per heavy atom. The molecule has 7 N–H and O–H groups in total. The van der Waals surface area contributed by atoms with Crippen LogP contribution in [0, 0.1) is 0 Å². The number of H-pyrrole nitrogens is 1. The van der Waals surface area contributed by atoms with E-state index in [0.717, 1.165) is 0 Å². The molecule has 0 amide bonds. The molecule has 4 atom stereocenters. The molecule has 4 heterocycles. The van der Waals surface area contributed by atoms with Gasteiger partial charge in [0, 0.05) is 6.20 Å². The van der Waals surface area contributed by atoms with Crippen LogP contribution in [0.2, 0.25) is 0 Å². The number of hydrogen-bond acceptors (Lipinski definition) is 11. The van der Waals surface area contributed by atoms with Gasteiger partial charge in [-0.05, 0) is 6.07 Å². The Morgan fingerprint density at radius 1 is 1.32 bits per heavy atom. The Bertz CT molecular complexity index is 1100. The van der Waals surface area contributed by atoms with E-state index in [1.54, 1.807) is 6.07 Å². The first-order valence-electron chi connectivity index (χ1n) is 7.93. The fraction of sp³-hybridized carbons (Fsp3) is 0.385. The van der Waals surface area contributed by atoms with E-state index < -0.39 is 41.5 Å². The molecule has 0 aromatic carbocycles. The summed E-state index contributed by atoms with van der Waals surface area (Å²) >= 11 is 0. The zero-order valence-electron chi connectivity index (χ0n) is 14.1. The number of ether oxygens (including phenoxy) is 1. The van der Waals surface area contributed by atoms with Gasteiger partial charge in [-0.3, -0.25) is 9.28 Å². The predicted molar refractivity (Wildman–Crippen MR) is 92.3 cm³/mol. The van der Waals surface area contributed by atoms with Gasteiger partial charge in [0.1, 0.15) is 36.2 Å². The minimum Gasteiger partial charge on any atom is -0.387 e. The van der Waals surface area contributed by atoms with Crippen LogP contribution in [0.1, 0.15) is 6.23 Å². The third-order valence-electron chi connectivity index (χ3n) is 4.25. The molecule has 0 spiro atoms. The lowest BCUT2D eigenvalue weighted by Crippen LogP contribution is -2.35. The van der Waals surface area contributed by atoms with Crippen molar-refractivity contribution in [3.05, 3.63) is 18.6 Å². The molecule has 1 aliphatic heterocycles. The Morgan fingerprint density at radius 3 is 2.79 bits per heavy atom. The SMILES string of the molecule is Nc1ncnc2c1c(-c1ccn[nH]1)nn2[C@@H]1O[C@H](COS(N)(=O)=O)[C@@H](O)[C@H]1O. The molecule has 3 aromatic rings. The third-order valence-corrected chi connectivity index (χ3v) is 4.71. The highest BCUT2D eigenvalue weighted by atomic mass is 32.2. The number of hydrogen-bond donors (Lipinski definition) is 5. The minimum absolute atomic E-state index is 0.142. The highest BCUT2D eigenvalue weighted by Crippen LogP contribution is 2.35. The van der Waals surface area contributed by atoms with Crippen LogP contribution < -0.4 is 10.9 Å². The summed E-state index contributed by atoms with van der Waals surface area (Å²) in [7, 11) is -4.24. The minimum atomic E-state index is -4.24. The van der Waals surface area contributed by atoms with Gasteiger partial charge in [-0.25, -0.2) is 19.8 Å².